The van der Waals surface area contributed by atoms with Crippen molar-refractivity contribution >= 4 is 11.7 Å². The average Bonchev–Trinajstić information content (AvgIpc) is 2.80. The summed E-state index contributed by atoms with van der Waals surface area (Å²) in [4.78, 5) is 0. The third kappa shape index (κ3) is 2.40. The topological polar surface area (TPSA) is 122 Å². The molecule has 2 aliphatic heterocycles. The molecule has 3 rings (SSSR count). The minimum atomic E-state index is -0.982. The van der Waals surface area contributed by atoms with Crippen molar-refractivity contribution in [1.29, 1.82) is 0 Å². The van der Waals surface area contributed by atoms with Crippen molar-refractivity contribution in [3.05, 3.63) is 39.7 Å². The summed E-state index contributed by atoms with van der Waals surface area (Å²) in [6, 6.07) is 4.08. The first-order chi connectivity index (χ1) is 13.0. The van der Waals surface area contributed by atoms with E-state index in [0.29, 0.717) is 9.48 Å². The molecule has 29 heavy (non-hydrogen) atoms. The Labute approximate surface area is 170 Å². The lowest BCUT2D eigenvalue weighted by Gasteiger charge is -2.33. The first-order valence-corrected chi connectivity index (χ1v) is 9.50. The highest BCUT2D eigenvalue weighted by molar-refractivity contribution is 6.01. The van der Waals surface area contributed by atoms with Gasteiger partial charge in [-0.3, -0.25) is 9.48 Å². The zero-order valence-electron chi connectivity index (χ0n) is 18.1. The molecule has 2 aliphatic rings. The minimum Gasteiger partial charge on any atom is -0.872 e. The van der Waals surface area contributed by atoms with Crippen LogP contribution in [0.3, 0.4) is 0 Å². The van der Waals surface area contributed by atoms with Crippen LogP contribution in [-0.2, 0) is 0 Å². The molecule has 0 atom stereocenters. The second-order valence-corrected chi connectivity index (χ2v) is 9.81. The molecule has 2 heterocycles. The van der Waals surface area contributed by atoms with Gasteiger partial charge in [-0.1, -0.05) is 11.8 Å². The molecule has 9 nitrogen and oxygen atoms in total. The monoisotopic (exact) mass is 405 g/mol. The second kappa shape index (κ2) is 5.76. The SMILES string of the molecule is CC1(C)N(O)C(c2ccc(C3=[N+]([O-])C(C)(C)C(C)(C)N3O)c([O-])c2)=[N+]([O-])C1(C)C. The lowest BCUT2D eigenvalue weighted by molar-refractivity contribution is -0.539. The Hall–Kier alpha value is -2.52. The third-order valence-electron chi connectivity index (χ3n) is 7.34. The second-order valence-electron chi connectivity index (χ2n) is 9.81. The van der Waals surface area contributed by atoms with E-state index in [2.05, 4.69) is 0 Å². The van der Waals surface area contributed by atoms with Crippen molar-refractivity contribution in [3.8, 4) is 5.75 Å². The van der Waals surface area contributed by atoms with Crippen molar-refractivity contribution in [2.75, 3.05) is 0 Å². The number of rotatable bonds is 2. The molecule has 0 unspecified atom stereocenters. The summed E-state index contributed by atoms with van der Waals surface area (Å²) in [5.41, 5.74) is -3.51. The van der Waals surface area contributed by atoms with Crippen molar-refractivity contribution < 1.29 is 25.0 Å². The fourth-order valence-electron chi connectivity index (χ4n) is 3.56. The summed E-state index contributed by atoms with van der Waals surface area (Å²) < 4.78 is 1.32. The molecule has 2 N–H and O–H groups in total. The van der Waals surface area contributed by atoms with Crippen LogP contribution >= 0.6 is 0 Å². The molecule has 0 saturated carbocycles. The minimum absolute atomic E-state index is 0.0176. The third-order valence-corrected chi connectivity index (χ3v) is 7.34. The van der Waals surface area contributed by atoms with E-state index in [1.807, 2.05) is 0 Å². The number of hydrogen-bond donors (Lipinski definition) is 2. The Kier molecular flexibility index (Phi) is 4.21. The number of hydroxylamine groups is 6. The van der Waals surface area contributed by atoms with Gasteiger partial charge in [0.15, 0.2) is 11.1 Å². The molecule has 1 aromatic rings. The van der Waals surface area contributed by atoms with Crippen LogP contribution in [0.1, 0.15) is 66.5 Å². The van der Waals surface area contributed by atoms with Crippen LogP contribution in [0.5, 0.6) is 5.75 Å². The van der Waals surface area contributed by atoms with Crippen LogP contribution in [0, 0.1) is 10.4 Å². The number of amidine groups is 2. The molecular weight excluding hydrogens is 376 g/mol. The Morgan fingerprint density at radius 1 is 0.759 bits per heavy atom. The first-order valence-electron chi connectivity index (χ1n) is 9.50. The largest absolute Gasteiger partial charge is 0.872 e. The van der Waals surface area contributed by atoms with E-state index >= 15 is 0 Å². The maximum absolute atomic E-state index is 12.9. The van der Waals surface area contributed by atoms with Crippen molar-refractivity contribution in [1.82, 2.24) is 10.1 Å². The molecule has 1 aromatic carbocycles. The van der Waals surface area contributed by atoms with E-state index in [9.17, 15) is 25.9 Å². The van der Waals surface area contributed by atoms with Gasteiger partial charge in [0, 0.05) is 0 Å². The van der Waals surface area contributed by atoms with Crippen LogP contribution in [0.25, 0.3) is 0 Å². The van der Waals surface area contributed by atoms with Gasteiger partial charge < -0.3 is 15.5 Å². The number of benzene rings is 1. The molecule has 0 radical (unpaired) electrons. The molecule has 0 aliphatic carbocycles. The van der Waals surface area contributed by atoms with Crippen molar-refractivity contribution in [2.24, 2.45) is 0 Å². The lowest BCUT2D eigenvalue weighted by atomic mass is 9.84. The Morgan fingerprint density at radius 3 is 1.52 bits per heavy atom. The highest BCUT2D eigenvalue weighted by atomic mass is 16.5. The van der Waals surface area contributed by atoms with Gasteiger partial charge in [-0.2, -0.15) is 0 Å². The predicted molar refractivity (Wildman–Crippen MR) is 105 cm³/mol. The van der Waals surface area contributed by atoms with Crippen LogP contribution in [0.2, 0.25) is 0 Å². The van der Waals surface area contributed by atoms with Crippen LogP contribution in [-0.4, -0.2) is 63.8 Å². The van der Waals surface area contributed by atoms with E-state index in [-0.39, 0.29) is 22.8 Å². The van der Waals surface area contributed by atoms with Gasteiger partial charge in [0.25, 0.3) is 0 Å². The van der Waals surface area contributed by atoms with E-state index in [0.717, 1.165) is 10.1 Å². The summed E-state index contributed by atoms with van der Waals surface area (Å²) >= 11 is 0. The van der Waals surface area contributed by atoms with Crippen LogP contribution in [0.4, 0.5) is 0 Å². The predicted octanol–water partition coefficient (Wildman–Crippen LogP) is 1.80. The van der Waals surface area contributed by atoms with Gasteiger partial charge in [-0.15, -0.1) is 10.1 Å². The molecule has 9 heteroatoms. The molecule has 0 fully saturated rings. The number of nitrogens with zero attached hydrogens (tertiary/aromatic N) is 4. The van der Waals surface area contributed by atoms with Gasteiger partial charge >= 0.3 is 11.7 Å². The first kappa shape index (κ1) is 21.2. The standard InChI is InChI=1S/C20H30N4O5/c1-17(2)18(3,4)22(27)15(21(17)26)12-9-10-13(14(25)11-12)16-23(28)19(5,6)20(7,8)24(16)29/h9-11,25-26,28H,1-8H3/p-1. The van der Waals surface area contributed by atoms with E-state index in [4.69, 9.17) is 0 Å². The summed E-state index contributed by atoms with van der Waals surface area (Å²) in [7, 11) is 0. The Balaban J connectivity index is 2.13. The summed E-state index contributed by atoms with van der Waals surface area (Å²) in [5, 5.41) is 61.5. The van der Waals surface area contributed by atoms with Gasteiger partial charge in [0.05, 0.1) is 11.1 Å². The summed E-state index contributed by atoms with van der Waals surface area (Å²) in [5.74, 6) is -0.725. The molecule has 160 valence electrons. The fourth-order valence-corrected chi connectivity index (χ4v) is 3.56. The van der Waals surface area contributed by atoms with Crippen molar-refractivity contribution in [3.63, 3.8) is 0 Å². The summed E-state index contributed by atoms with van der Waals surface area (Å²) in [6.45, 7) is 13.7. The molecule has 0 saturated heterocycles. The zero-order chi connectivity index (χ0) is 22.3. The van der Waals surface area contributed by atoms with E-state index < -0.39 is 27.9 Å². The molecule has 0 spiro atoms. The zero-order valence-corrected chi connectivity index (χ0v) is 18.1. The molecule has 0 bridgehead atoms. The average molecular weight is 405 g/mol. The fraction of sp³-hybridized carbons (Fsp3) is 0.600. The van der Waals surface area contributed by atoms with Crippen LogP contribution < -0.4 is 5.11 Å². The maximum atomic E-state index is 12.9. The maximum Gasteiger partial charge on any atom is 0.313 e. The van der Waals surface area contributed by atoms with Gasteiger partial charge in [0.2, 0.25) is 0 Å². The summed E-state index contributed by atoms with van der Waals surface area (Å²) in [6.07, 6.45) is 0. The van der Waals surface area contributed by atoms with Gasteiger partial charge in [-0.25, -0.2) is 10.4 Å². The normalized spacial score (nSPS) is 24.6. The van der Waals surface area contributed by atoms with Crippen molar-refractivity contribution in [2.45, 2.75) is 77.5 Å². The van der Waals surface area contributed by atoms with E-state index in [1.165, 1.54) is 18.2 Å². The molecule has 0 amide bonds. The Morgan fingerprint density at radius 2 is 1.17 bits per heavy atom. The quantitative estimate of drug-likeness (QED) is 0.568. The van der Waals surface area contributed by atoms with Gasteiger partial charge in [-0.05, 0) is 67.5 Å². The molecular formula is C20H29N4O5-. The molecule has 0 aromatic heterocycles. The highest BCUT2D eigenvalue weighted by Gasteiger charge is 2.60. The number of hydrogen-bond acceptors (Lipinski definition) is 7. The van der Waals surface area contributed by atoms with E-state index in [1.54, 1.807) is 55.4 Å². The van der Waals surface area contributed by atoms with Gasteiger partial charge in [0.1, 0.15) is 11.1 Å². The smallest absolute Gasteiger partial charge is 0.313 e. The van der Waals surface area contributed by atoms with Crippen LogP contribution in [0.15, 0.2) is 18.2 Å². The lowest BCUT2D eigenvalue weighted by Crippen LogP contribution is -2.53. The highest BCUT2D eigenvalue weighted by Crippen LogP contribution is 2.40. The Bertz CT molecular complexity index is 946.